The van der Waals surface area contributed by atoms with Crippen LogP contribution in [-0.2, 0) is 6.54 Å². The topological polar surface area (TPSA) is 93.7 Å². The standard InChI is InChI=1S/C16H18ClN7O/c17-12-6-20-23(10-12)9-11-4-13(14(25)5-11)21-15-7-18-8-16(22-15)24-3-1-2-19-24/h1-3,6-8,10-11,13-14,25H,4-5,9H2,(H,21,22)/t11?,13-,14-/m1/s1. The van der Waals surface area contributed by atoms with Gasteiger partial charge in [0.25, 0.3) is 0 Å². The Morgan fingerprint density at radius 2 is 2.16 bits per heavy atom. The van der Waals surface area contributed by atoms with Crippen LogP contribution in [0.2, 0.25) is 5.02 Å². The van der Waals surface area contributed by atoms with Gasteiger partial charge in [-0.3, -0.25) is 9.67 Å². The fourth-order valence-electron chi connectivity index (χ4n) is 3.26. The van der Waals surface area contributed by atoms with E-state index in [1.165, 1.54) is 0 Å². The molecule has 9 heteroatoms. The van der Waals surface area contributed by atoms with Crippen molar-refractivity contribution in [3.63, 3.8) is 0 Å². The van der Waals surface area contributed by atoms with Gasteiger partial charge in [-0.05, 0) is 24.8 Å². The van der Waals surface area contributed by atoms with Gasteiger partial charge in [-0.1, -0.05) is 11.6 Å². The van der Waals surface area contributed by atoms with Crippen LogP contribution in [-0.4, -0.2) is 46.8 Å². The van der Waals surface area contributed by atoms with E-state index in [1.54, 1.807) is 35.7 Å². The first kappa shape index (κ1) is 16.0. The van der Waals surface area contributed by atoms with E-state index in [-0.39, 0.29) is 6.04 Å². The second-order valence-corrected chi connectivity index (χ2v) is 6.69. The Balaban J connectivity index is 1.42. The van der Waals surface area contributed by atoms with Gasteiger partial charge in [-0.15, -0.1) is 0 Å². The fraction of sp³-hybridized carbons (Fsp3) is 0.375. The second kappa shape index (κ2) is 6.81. The summed E-state index contributed by atoms with van der Waals surface area (Å²) in [6, 6.07) is 1.76. The maximum absolute atomic E-state index is 10.4. The zero-order valence-electron chi connectivity index (χ0n) is 13.4. The molecule has 0 aromatic carbocycles. The zero-order chi connectivity index (χ0) is 17.2. The highest BCUT2D eigenvalue weighted by Crippen LogP contribution is 2.29. The summed E-state index contributed by atoms with van der Waals surface area (Å²) in [7, 11) is 0. The minimum absolute atomic E-state index is 0.0711. The third-order valence-electron chi connectivity index (χ3n) is 4.37. The quantitative estimate of drug-likeness (QED) is 0.721. The molecule has 0 aliphatic heterocycles. The number of rotatable bonds is 5. The summed E-state index contributed by atoms with van der Waals surface area (Å²) in [5.74, 6) is 1.58. The summed E-state index contributed by atoms with van der Waals surface area (Å²) in [5.41, 5.74) is 0. The molecule has 8 nitrogen and oxygen atoms in total. The van der Waals surface area contributed by atoms with E-state index in [4.69, 9.17) is 11.6 Å². The van der Waals surface area contributed by atoms with E-state index < -0.39 is 6.10 Å². The Hall–Kier alpha value is -2.45. The molecule has 3 atom stereocenters. The molecular formula is C16H18ClN7O. The van der Waals surface area contributed by atoms with Crippen molar-refractivity contribution < 1.29 is 5.11 Å². The third-order valence-corrected chi connectivity index (χ3v) is 4.56. The number of aliphatic hydroxyl groups excluding tert-OH is 1. The van der Waals surface area contributed by atoms with E-state index >= 15 is 0 Å². The molecule has 3 heterocycles. The van der Waals surface area contributed by atoms with Gasteiger partial charge in [0.15, 0.2) is 5.82 Å². The van der Waals surface area contributed by atoms with Crippen LogP contribution in [0.1, 0.15) is 12.8 Å². The molecule has 0 radical (unpaired) electrons. The SMILES string of the molecule is O[C@@H]1CC(Cn2cc(Cl)cn2)C[C@H]1Nc1cncc(-n2cccn2)n1. The van der Waals surface area contributed by atoms with E-state index in [0.29, 0.717) is 29.0 Å². The molecule has 4 rings (SSSR count). The van der Waals surface area contributed by atoms with Crippen molar-refractivity contribution in [2.24, 2.45) is 5.92 Å². The van der Waals surface area contributed by atoms with Gasteiger partial charge in [0.05, 0.1) is 35.8 Å². The molecule has 1 aliphatic rings. The molecule has 2 N–H and O–H groups in total. The molecule has 0 bridgehead atoms. The van der Waals surface area contributed by atoms with E-state index in [1.807, 2.05) is 16.9 Å². The first-order valence-electron chi connectivity index (χ1n) is 8.12. The number of aromatic nitrogens is 6. The minimum atomic E-state index is -0.439. The summed E-state index contributed by atoms with van der Waals surface area (Å²) >= 11 is 5.90. The van der Waals surface area contributed by atoms with Gasteiger partial charge >= 0.3 is 0 Å². The Morgan fingerprint density at radius 3 is 2.92 bits per heavy atom. The van der Waals surface area contributed by atoms with Crippen LogP contribution in [0.4, 0.5) is 5.82 Å². The van der Waals surface area contributed by atoms with E-state index in [2.05, 4.69) is 25.5 Å². The molecule has 1 unspecified atom stereocenters. The third kappa shape index (κ3) is 3.64. The lowest BCUT2D eigenvalue weighted by molar-refractivity contribution is 0.166. The van der Waals surface area contributed by atoms with Crippen molar-refractivity contribution in [2.45, 2.75) is 31.5 Å². The maximum Gasteiger partial charge on any atom is 0.173 e. The number of halogens is 1. The highest BCUT2D eigenvalue weighted by Gasteiger charge is 2.33. The lowest BCUT2D eigenvalue weighted by Crippen LogP contribution is -2.28. The van der Waals surface area contributed by atoms with Crippen LogP contribution < -0.4 is 5.32 Å². The summed E-state index contributed by atoms with van der Waals surface area (Å²) in [6.45, 7) is 0.737. The van der Waals surface area contributed by atoms with Crippen molar-refractivity contribution in [1.29, 1.82) is 0 Å². The van der Waals surface area contributed by atoms with Gasteiger partial charge < -0.3 is 10.4 Å². The number of hydrogen-bond acceptors (Lipinski definition) is 6. The predicted octanol–water partition coefficient (Wildman–Crippen LogP) is 1.76. The number of hydrogen-bond donors (Lipinski definition) is 2. The average molecular weight is 360 g/mol. The van der Waals surface area contributed by atoms with Crippen molar-refractivity contribution in [1.82, 2.24) is 29.5 Å². The monoisotopic (exact) mass is 359 g/mol. The summed E-state index contributed by atoms with van der Waals surface area (Å²) in [5, 5.41) is 22.6. The number of aliphatic hydroxyl groups is 1. The number of nitrogens with zero attached hydrogens (tertiary/aromatic N) is 6. The molecule has 1 aliphatic carbocycles. The molecule has 1 saturated carbocycles. The zero-order valence-corrected chi connectivity index (χ0v) is 14.2. The van der Waals surface area contributed by atoms with Gasteiger partial charge in [0.1, 0.15) is 5.82 Å². The van der Waals surface area contributed by atoms with Gasteiger partial charge in [0.2, 0.25) is 0 Å². The van der Waals surface area contributed by atoms with Crippen molar-refractivity contribution in [3.05, 3.63) is 48.3 Å². The van der Waals surface area contributed by atoms with Crippen LogP contribution in [0.25, 0.3) is 5.82 Å². The summed E-state index contributed by atoms with van der Waals surface area (Å²) in [4.78, 5) is 8.71. The number of nitrogens with one attached hydrogen (secondary N) is 1. The Kier molecular flexibility index (Phi) is 4.37. The van der Waals surface area contributed by atoms with Gasteiger partial charge in [-0.25, -0.2) is 9.67 Å². The molecule has 0 amide bonds. The first-order valence-corrected chi connectivity index (χ1v) is 8.50. The largest absolute Gasteiger partial charge is 0.391 e. The molecule has 3 aromatic heterocycles. The Bertz CT molecular complexity index is 835. The molecule has 25 heavy (non-hydrogen) atoms. The minimum Gasteiger partial charge on any atom is -0.391 e. The van der Waals surface area contributed by atoms with Crippen LogP contribution >= 0.6 is 11.6 Å². The van der Waals surface area contributed by atoms with Gasteiger partial charge in [0, 0.05) is 25.1 Å². The van der Waals surface area contributed by atoms with Crippen molar-refractivity contribution in [3.8, 4) is 5.82 Å². The molecule has 3 aromatic rings. The van der Waals surface area contributed by atoms with Crippen molar-refractivity contribution in [2.75, 3.05) is 5.32 Å². The van der Waals surface area contributed by atoms with Crippen LogP contribution in [0.15, 0.2) is 43.2 Å². The highest BCUT2D eigenvalue weighted by atomic mass is 35.5. The molecule has 0 saturated heterocycles. The normalized spacial score (nSPS) is 23.0. The second-order valence-electron chi connectivity index (χ2n) is 6.25. The molecule has 130 valence electrons. The number of anilines is 1. The predicted molar refractivity (Wildman–Crippen MR) is 92.5 cm³/mol. The lowest BCUT2D eigenvalue weighted by atomic mass is 10.1. The van der Waals surface area contributed by atoms with E-state index in [0.717, 1.165) is 13.0 Å². The summed E-state index contributed by atoms with van der Waals surface area (Å²) < 4.78 is 3.47. The Labute approximate surface area is 149 Å². The smallest absolute Gasteiger partial charge is 0.173 e. The molecule has 0 spiro atoms. The van der Waals surface area contributed by atoms with Gasteiger partial charge in [-0.2, -0.15) is 10.2 Å². The van der Waals surface area contributed by atoms with Crippen LogP contribution in [0, 0.1) is 5.92 Å². The first-order chi connectivity index (χ1) is 12.2. The average Bonchev–Trinajstić information content (AvgIpc) is 3.32. The summed E-state index contributed by atoms with van der Waals surface area (Å²) in [6.07, 6.45) is 11.3. The highest BCUT2D eigenvalue weighted by molar-refractivity contribution is 6.30. The molecule has 1 fully saturated rings. The lowest BCUT2D eigenvalue weighted by Gasteiger charge is -2.17. The van der Waals surface area contributed by atoms with E-state index in [9.17, 15) is 5.11 Å². The van der Waals surface area contributed by atoms with Crippen LogP contribution in [0.5, 0.6) is 0 Å². The maximum atomic E-state index is 10.4. The fourth-order valence-corrected chi connectivity index (χ4v) is 3.41. The molecular weight excluding hydrogens is 342 g/mol. The van der Waals surface area contributed by atoms with Crippen molar-refractivity contribution >= 4 is 17.4 Å². The van der Waals surface area contributed by atoms with Crippen LogP contribution in [0.3, 0.4) is 0 Å². The Morgan fingerprint density at radius 1 is 1.24 bits per heavy atom.